The van der Waals surface area contributed by atoms with Gasteiger partial charge in [0.15, 0.2) is 11.5 Å². The maximum absolute atomic E-state index is 6.51. The van der Waals surface area contributed by atoms with Gasteiger partial charge < -0.3 is 9.47 Å². The Hall–Kier alpha value is -3.38. The van der Waals surface area contributed by atoms with Gasteiger partial charge in [0.2, 0.25) is 5.95 Å². The van der Waals surface area contributed by atoms with Crippen molar-refractivity contribution in [3.63, 3.8) is 0 Å². The summed E-state index contributed by atoms with van der Waals surface area (Å²) in [7, 11) is 0. The van der Waals surface area contributed by atoms with Crippen molar-refractivity contribution >= 4 is 34.5 Å². The van der Waals surface area contributed by atoms with Gasteiger partial charge >= 0.3 is 0 Å². The number of rotatable bonds is 7. The maximum Gasteiger partial charge on any atom is 0.245 e. The number of hydrogen-bond acceptors (Lipinski definition) is 5. The predicted molar refractivity (Wildman–Crippen MR) is 115 cm³/mol. The first-order valence-corrected chi connectivity index (χ1v) is 9.57. The molecule has 0 fully saturated rings. The average molecular weight is 407 g/mol. The summed E-state index contributed by atoms with van der Waals surface area (Å²) in [6, 6.07) is 18.0. The zero-order chi connectivity index (χ0) is 20.1. The summed E-state index contributed by atoms with van der Waals surface area (Å²) in [5.74, 6) is 1.49. The summed E-state index contributed by atoms with van der Waals surface area (Å²) in [4.78, 5) is 8.19. The Morgan fingerprint density at radius 2 is 1.97 bits per heavy atom. The molecular formula is C22H19ClN4O2. The van der Waals surface area contributed by atoms with Crippen molar-refractivity contribution in [3.8, 4) is 11.5 Å². The second kappa shape index (κ2) is 8.75. The van der Waals surface area contributed by atoms with Gasteiger partial charge in [-0.2, -0.15) is 10.1 Å². The first-order chi connectivity index (χ1) is 14.2. The van der Waals surface area contributed by atoms with E-state index in [9.17, 15) is 0 Å². The van der Waals surface area contributed by atoms with E-state index >= 15 is 0 Å². The van der Waals surface area contributed by atoms with Gasteiger partial charge in [0.05, 0.1) is 11.6 Å². The summed E-state index contributed by atoms with van der Waals surface area (Å²) in [5, 5.41) is 9.22. The van der Waals surface area contributed by atoms with Crippen LogP contribution in [0, 0.1) is 0 Å². The van der Waals surface area contributed by atoms with Crippen LogP contribution in [0.15, 0.2) is 65.9 Å². The van der Waals surface area contributed by atoms with Crippen LogP contribution in [0.4, 0.5) is 5.95 Å². The molecule has 0 amide bonds. The van der Waals surface area contributed by atoms with E-state index in [1.54, 1.807) is 12.3 Å². The van der Waals surface area contributed by atoms with Gasteiger partial charge in [-0.3, -0.25) is 0 Å². The Balaban J connectivity index is 1.60. The van der Waals surface area contributed by atoms with Gasteiger partial charge in [0.1, 0.15) is 12.9 Å². The molecule has 4 rings (SSSR count). The van der Waals surface area contributed by atoms with E-state index in [2.05, 4.69) is 44.4 Å². The van der Waals surface area contributed by atoms with Gasteiger partial charge in [-0.15, -0.1) is 0 Å². The van der Waals surface area contributed by atoms with Crippen LogP contribution in [0.25, 0.3) is 10.8 Å². The third-order valence-electron chi connectivity index (χ3n) is 4.32. The van der Waals surface area contributed by atoms with Crippen molar-refractivity contribution in [2.24, 2.45) is 4.99 Å². The molecule has 6 nitrogen and oxygen atoms in total. The van der Waals surface area contributed by atoms with E-state index in [1.807, 2.05) is 31.2 Å². The molecule has 0 radical (unpaired) electrons. The molecule has 7 heteroatoms. The molecule has 146 valence electrons. The first kappa shape index (κ1) is 19.0. The molecule has 0 aliphatic carbocycles. The molecule has 0 saturated carbocycles. The zero-order valence-electron chi connectivity index (χ0n) is 15.8. The molecule has 1 aromatic heterocycles. The van der Waals surface area contributed by atoms with Gasteiger partial charge in [-0.05, 0) is 41.0 Å². The number of benzene rings is 3. The first-order valence-electron chi connectivity index (χ1n) is 9.20. The normalized spacial score (nSPS) is 11.2. The lowest BCUT2D eigenvalue weighted by Crippen LogP contribution is -2.02. The minimum absolute atomic E-state index is 0.382. The Kier molecular flexibility index (Phi) is 5.72. The van der Waals surface area contributed by atoms with E-state index < -0.39 is 0 Å². The van der Waals surface area contributed by atoms with Gasteiger partial charge in [0, 0.05) is 6.21 Å². The maximum atomic E-state index is 6.51. The largest absolute Gasteiger partial charge is 0.490 e. The van der Waals surface area contributed by atoms with E-state index in [0.717, 1.165) is 16.5 Å². The fourth-order valence-electron chi connectivity index (χ4n) is 3.03. The minimum atomic E-state index is 0.382. The van der Waals surface area contributed by atoms with Crippen molar-refractivity contribution in [2.45, 2.75) is 13.5 Å². The number of hydrogen-bond donors (Lipinski definition) is 1. The summed E-state index contributed by atoms with van der Waals surface area (Å²) in [6.07, 6.45) is 3.04. The van der Waals surface area contributed by atoms with Crippen LogP contribution in [0.2, 0.25) is 5.02 Å². The Bertz CT molecular complexity index is 1140. The van der Waals surface area contributed by atoms with Gasteiger partial charge in [0.25, 0.3) is 0 Å². The van der Waals surface area contributed by atoms with Crippen molar-refractivity contribution < 1.29 is 9.47 Å². The molecule has 0 unspecified atom stereocenters. The molecule has 0 aliphatic heterocycles. The third kappa shape index (κ3) is 4.38. The third-order valence-corrected chi connectivity index (χ3v) is 4.60. The fraction of sp³-hybridized carbons (Fsp3) is 0.136. The van der Waals surface area contributed by atoms with E-state index in [4.69, 9.17) is 21.1 Å². The zero-order valence-corrected chi connectivity index (χ0v) is 16.6. The predicted octanol–water partition coefficient (Wildman–Crippen LogP) is 5.34. The molecule has 29 heavy (non-hydrogen) atoms. The number of H-pyrrole nitrogens is 1. The van der Waals surface area contributed by atoms with Gasteiger partial charge in [-0.25, -0.2) is 10.1 Å². The summed E-state index contributed by atoms with van der Waals surface area (Å²) < 4.78 is 11.9. The van der Waals surface area contributed by atoms with Crippen LogP contribution in [-0.4, -0.2) is 28.0 Å². The molecule has 0 aliphatic rings. The van der Waals surface area contributed by atoms with Crippen molar-refractivity contribution in [1.29, 1.82) is 0 Å². The SMILES string of the molecule is CCOc1cc(C=Nc2ncn[nH]2)cc(Cl)c1OCc1cccc2ccccc12. The number of fused-ring (bicyclic) bond motifs is 1. The Morgan fingerprint density at radius 1 is 1.10 bits per heavy atom. The van der Waals surface area contributed by atoms with Crippen LogP contribution >= 0.6 is 11.6 Å². The second-order valence-electron chi connectivity index (χ2n) is 6.26. The van der Waals surface area contributed by atoms with Crippen LogP contribution in [-0.2, 0) is 6.61 Å². The highest BCUT2D eigenvalue weighted by Crippen LogP contribution is 2.37. The van der Waals surface area contributed by atoms with E-state index in [1.165, 1.54) is 11.7 Å². The molecular weight excluding hydrogens is 388 g/mol. The quantitative estimate of drug-likeness (QED) is 0.420. The molecule has 1 N–H and O–H groups in total. The molecule has 0 spiro atoms. The monoisotopic (exact) mass is 406 g/mol. The number of aromatic nitrogens is 3. The molecule has 0 atom stereocenters. The van der Waals surface area contributed by atoms with Gasteiger partial charge in [-0.1, -0.05) is 54.1 Å². The molecule has 3 aromatic carbocycles. The number of aromatic amines is 1. The van der Waals surface area contributed by atoms with Crippen molar-refractivity contribution in [2.75, 3.05) is 6.61 Å². The molecule has 4 aromatic rings. The molecule has 0 saturated heterocycles. The van der Waals surface area contributed by atoms with Crippen LogP contribution in [0.5, 0.6) is 11.5 Å². The highest BCUT2D eigenvalue weighted by atomic mass is 35.5. The second-order valence-corrected chi connectivity index (χ2v) is 6.66. The highest BCUT2D eigenvalue weighted by Gasteiger charge is 2.13. The number of halogens is 1. The highest BCUT2D eigenvalue weighted by molar-refractivity contribution is 6.32. The topological polar surface area (TPSA) is 72.4 Å². The molecule has 1 heterocycles. The Morgan fingerprint density at radius 3 is 2.79 bits per heavy atom. The van der Waals surface area contributed by atoms with E-state index in [0.29, 0.717) is 35.7 Å². The number of ether oxygens (including phenoxy) is 2. The number of nitrogens with zero attached hydrogens (tertiary/aromatic N) is 3. The van der Waals surface area contributed by atoms with Crippen LogP contribution in [0.3, 0.4) is 0 Å². The van der Waals surface area contributed by atoms with Crippen molar-refractivity contribution in [1.82, 2.24) is 15.2 Å². The minimum Gasteiger partial charge on any atom is -0.490 e. The lowest BCUT2D eigenvalue weighted by atomic mass is 10.1. The Labute approximate surface area is 173 Å². The fourth-order valence-corrected chi connectivity index (χ4v) is 3.30. The van der Waals surface area contributed by atoms with Crippen molar-refractivity contribution in [3.05, 3.63) is 77.1 Å². The standard InChI is InChI=1S/C22H19ClN4O2/c1-2-28-20-11-15(12-24-22-25-14-26-27-22)10-19(23)21(20)29-13-17-8-5-7-16-6-3-4-9-18(16)17/h3-12,14H,2,13H2,1H3,(H,25,26,27). The van der Waals surface area contributed by atoms with E-state index in [-0.39, 0.29) is 0 Å². The smallest absolute Gasteiger partial charge is 0.245 e. The molecule has 0 bridgehead atoms. The summed E-state index contributed by atoms with van der Waals surface area (Å²) >= 11 is 6.51. The summed E-state index contributed by atoms with van der Waals surface area (Å²) in [6.45, 7) is 2.79. The van der Waals surface area contributed by atoms with Crippen LogP contribution in [0.1, 0.15) is 18.1 Å². The summed E-state index contributed by atoms with van der Waals surface area (Å²) in [5.41, 5.74) is 1.85. The average Bonchev–Trinajstić information content (AvgIpc) is 3.26. The number of aliphatic imine (C=N–C) groups is 1. The number of nitrogens with one attached hydrogen (secondary N) is 1. The lowest BCUT2D eigenvalue weighted by Gasteiger charge is -2.15. The lowest BCUT2D eigenvalue weighted by molar-refractivity contribution is 0.270. The van der Waals surface area contributed by atoms with Crippen LogP contribution < -0.4 is 9.47 Å².